The molecule has 13 rings (SSSR count). The predicted octanol–water partition coefficient (Wildman–Crippen LogP) is 6.59. The summed E-state index contributed by atoms with van der Waals surface area (Å²) in [5.41, 5.74) is -0.327. The van der Waals surface area contributed by atoms with Crippen molar-refractivity contribution >= 4 is 5.78 Å². The van der Waals surface area contributed by atoms with Gasteiger partial charge in [-0.15, -0.1) is 0 Å². The van der Waals surface area contributed by atoms with Gasteiger partial charge in [0.05, 0.1) is 0 Å². The molecule has 1 aliphatic carbocycles. The third kappa shape index (κ3) is 0.390. The van der Waals surface area contributed by atoms with E-state index >= 15 is 0 Å². The van der Waals surface area contributed by atoms with E-state index in [4.69, 9.17) is 0 Å². The fraction of sp³-hybridized carbons (Fsp3) is 0.531. The second-order valence-electron chi connectivity index (χ2n) is 16.4. The summed E-state index contributed by atoms with van der Waals surface area (Å²) in [4.78, 5) is 20.6. The van der Waals surface area contributed by atoms with Crippen LogP contribution >= 0.6 is 0 Å². The van der Waals surface area contributed by atoms with Crippen LogP contribution in [0.5, 0.6) is 0 Å². The minimum atomic E-state index is -4.44. The van der Waals surface area contributed by atoms with Crippen LogP contribution in [0.15, 0.2) is 60.7 Å². The van der Waals surface area contributed by atoms with Gasteiger partial charge in [0.1, 0.15) is 0 Å². The van der Waals surface area contributed by atoms with E-state index in [1.165, 1.54) is 0 Å². The van der Waals surface area contributed by atoms with Crippen molar-refractivity contribution in [2.45, 2.75) is 90.5 Å². The Labute approximate surface area is 201 Å². The molecule has 1 saturated carbocycles. The van der Waals surface area contributed by atoms with Gasteiger partial charge < -0.3 is 0 Å². The van der Waals surface area contributed by atoms with Crippen LogP contribution in [0, 0.1) is 11.8 Å². The molecule has 9 unspecified atom stereocenters. The fourth-order valence-corrected chi connectivity index (χ4v) is 97.9. The van der Waals surface area contributed by atoms with E-state index < -0.39 is 17.7 Å². The van der Waals surface area contributed by atoms with Crippen molar-refractivity contribution in [2.75, 3.05) is 0 Å². The average molecular weight is 518 g/mol. The number of aliphatic hydroxyl groups is 2. The molecule has 0 aromatic heterocycles. The minimum absolute atomic E-state index is 0.0397. The van der Waals surface area contributed by atoms with Crippen molar-refractivity contribution in [1.82, 2.24) is 0 Å². The van der Waals surface area contributed by atoms with Gasteiger partial charge in [0.2, 0.25) is 0 Å². The van der Waals surface area contributed by atoms with Gasteiger partial charge in [-0.25, -0.2) is 0 Å². The van der Waals surface area contributed by atoms with Gasteiger partial charge in [-0.1, -0.05) is 0 Å². The Hall–Kier alpha value is -1.89. The van der Waals surface area contributed by atoms with Crippen LogP contribution in [0.3, 0.4) is 0 Å². The summed E-state index contributed by atoms with van der Waals surface area (Å²) in [6.45, 7) is -4.44. The monoisotopic (exact) mass is 518 g/mol. The summed E-state index contributed by atoms with van der Waals surface area (Å²) in [6.07, 6.45) is 4.58. The van der Waals surface area contributed by atoms with Crippen LogP contribution in [0.4, 0.5) is 0 Å². The SMILES string of the molecule is O=C(c1ccccc1)[C]12[CH]3[CH]4[CH]5[CH]1[Fe]45321678[CH]2[CH]1[CH]6[C]7(C(O)(C#CC1(O)CCCCC1)c1ccccc1)[CH]28. The Balaban J connectivity index is 1.10. The summed E-state index contributed by atoms with van der Waals surface area (Å²) in [5.74, 6) is 7.33. The number of hydrogen-bond acceptors (Lipinski definition) is 3. The Morgan fingerprint density at radius 1 is 0.833 bits per heavy atom. The normalized spacial score (nSPS) is 69.7. The fourth-order valence-electron chi connectivity index (χ4n) is 21.5. The first kappa shape index (κ1) is 17.6. The van der Waals surface area contributed by atoms with E-state index in [-0.39, 0.29) is 8.63 Å². The van der Waals surface area contributed by atoms with E-state index in [2.05, 4.69) is 24.0 Å². The van der Waals surface area contributed by atoms with Crippen molar-refractivity contribution < 1.29 is 21.5 Å². The molecule has 10 heterocycles. The summed E-state index contributed by atoms with van der Waals surface area (Å²) >= 11 is 0. The molecule has 0 radical (unpaired) electrons. The number of rotatable bonds is 4. The van der Waals surface area contributed by atoms with E-state index in [9.17, 15) is 15.0 Å². The molecule has 2 aromatic carbocycles. The molecule has 10 saturated heterocycles. The second-order valence-corrected chi connectivity index (χ2v) is 39.6. The summed E-state index contributed by atoms with van der Waals surface area (Å²) in [5, 5.41) is 24.5. The number of hydrogen-bond donors (Lipinski definition) is 2. The molecule has 184 valence electrons. The molecule has 10 aliphatic heterocycles. The first-order valence-electron chi connectivity index (χ1n) is 14.1. The molecule has 9 atom stereocenters. The number of fused-ring (bicyclic) bond motifs is 10. The summed E-state index contributed by atoms with van der Waals surface area (Å²) < 4.78 is -0.132. The summed E-state index contributed by atoms with van der Waals surface area (Å²) in [6, 6.07) is 20.4. The van der Waals surface area contributed by atoms with Gasteiger partial charge >= 0.3 is 201 Å². The van der Waals surface area contributed by atoms with Gasteiger partial charge in [-0.3, -0.25) is 0 Å². The molecular formula is C32H30FeO3. The summed E-state index contributed by atoms with van der Waals surface area (Å²) in [7, 11) is 0. The van der Waals surface area contributed by atoms with Gasteiger partial charge in [0.25, 0.3) is 0 Å². The number of carbonyl (C=O) groups excluding carboxylic acids is 1. The molecule has 2 aromatic rings. The van der Waals surface area contributed by atoms with Gasteiger partial charge in [-0.2, -0.15) is 0 Å². The molecule has 4 heteroatoms. The van der Waals surface area contributed by atoms with Crippen molar-refractivity contribution in [1.29, 1.82) is 0 Å². The first-order chi connectivity index (χ1) is 17.2. The Kier molecular flexibility index (Phi) is 1.22. The van der Waals surface area contributed by atoms with Crippen LogP contribution in [0.1, 0.15) is 48.0 Å². The average Bonchev–Trinajstić information content (AvgIpc) is 3.87. The standard InChI is InChI=1S/C20H21O2.C12H9O.Fe/c21-19(13-7-2-8-14-19)15-16-20(22,18-11-5-6-12-18)17-9-3-1-4-10-17;13-12(11-8-4-5-9-11)10-6-2-1-3-7-10;/h1,3-6,9-12,21-22H,2,7-8,13-14H2;1-9H;. The molecule has 1 spiro atoms. The van der Waals surface area contributed by atoms with Crippen molar-refractivity contribution in [2.24, 2.45) is 0 Å². The van der Waals surface area contributed by atoms with Gasteiger partial charge in [-0.05, 0) is 0 Å². The molecule has 0 amide bonds. The number of ketones is 1. The van der Waals surface area contributed by atoms with Crippen LogP contribution in [-0.4, -0.2) is 21.6 Å². The van der Waals surface area contributed by atoms with E-state index in [1.54, 1.807) is 0 Å². The zero-order valence-corrected chi connectivity index (χ0v) is 21.2. The van der Waals surface area contributed by atoms with Crippen molar-refractivity contribution in [3.05, 3.63) is 71.8 Å². The Morgan fingerprint density at radius 3 is 1.94 bits per heavy atom. The van der Waals surface area contributed by atoms with Gasteiger partial charge in [0, 0.05) is 0 Å². The predicted molar refractivity (Wildman–Crippen MR) is 132 cm³/mol. The molecule has 0 bridgehead atoms. The topological polar surface area (TPSA) is 57.5 Å². The third-order valence-electron chi connectivity index (χ3n) is 20.1. The van der Waals surface area contributed by atoms with Crippen LogP contribution in [0.2, 0.25) is 47.2 Å². The molecule has 11 fully saturated rings. The number of carbonyl (C=O) groups is 1. The molecular weight excluding hydrogens is 488 g/mol. The molecule has 3 nitrogen and oxygen atoms in total. The van der Waals surface area contributed by atoms with Gasteiger partial charge in [0.15, 0.2) is 0 Å². The zero-order valence-electron chi connectivity index (χ0n) is 20.1. The van der Waals surface area contributed by atoms with Crippen LogP contribution < -0.4 is 0 Å². The quantitative estimate of drug-likeness (QED) is 0.273. The first-order valence-corrected chi connectivity index (χ1v) is 20.3. The molecule has 2 N–H and O–H groups in total. The number of Topliss-reactive ketones (excluding diaryl/α,β-unsaturated/α-hetero) is 1. The van der Waals surface area contributed by atoms with E-state index in [0.717, 1.165) is 49.7 Å². The maximum absolute atomic E-state index is 14.5. The maximum atomic E-state index is 14.5. The molecule has 11 aliphatic rings. The van der Waals surface area contributed by atoms with E-state index in [0.29, 0.717) is 37.9 Å². The third-order valence-corrected chi connectivity index (χ3v) is 62.9. The van der Waals surface area contributed by atoms with Crippen LogP contribution in [0.25, 0.3) is 0 Å². The van der Waals surface area contributed by atoms with Crippen molar-refractivity contribution in [3.63, 3.8) is 0 Å². The zero-order chi connectivity index (χ0) is 23.7. The van der Waals surface area contributed by atoms with Crippen molar-refractivity contribution in [3.8, 4) is 11.8 Å². The number of benzene rings is 2. The Morgan fingerprint density at radius 2 is 1.39 bits per heavy atom. The van der Waals surface area contributed by atoms with E-state index in [1.807, 2.05) is 48.5 Å². The van der Waals surface area contributed by atoms with Crippen LogP contribution in [-0.2, 0) is 12.1 Å². The molecule has 36 heavy (non-hydrogen) atoms. The Bertz CT molecular complexity index is 1980. The second kappa shape index (κ2) is 2.49.